The lowest BCUT2D eigenvalue weighted by Crippen LogP contribution is -2.35. The Kier molecular flexibility index (Phi) is 4.06. The van der Waals surface area contributed by atoms with Gasteiger partial charge in [-0.1, -0.05) is 19.9 Å². The number of hydrogen-bond donors (Lipinski definition) is 2. The largest absolute Gasteiger partial charge is 0.508 e. The molecule has 0 saturated heterocycles. The van der Waals surface area contributed by atoms with Gasteiger partial charge >= 0.3 is 0 Å². The minimum atomic E-state index is -0.248. The molecule has 0 bridgehead atoms. The Labute approximate surface area is 139 Å². The number of ether oxygens (including phenoxy) is 1. The summed E-state index contributed by atoms with van der Waals surface area (Å²) in [6.45, 7) is 8.35. The second-order valence-electron chi connectivity index (χ2n) is 7.71. The highest BCUT2D eigenvalue weighted by atomic mass is 16.5. The molecule has 2 N–H and O–H groups in total. The summed E-state index contributed by atoms with van der Waals surface area (Å²) in [5, 5.41) is 20.7. The number of rotatable bonds is 3. The van der Waals surface area contributed by atoms with Gasteiger partial charge in [0.05, 0.1) is 12.7 Å². The van der Waals surface area contributed by atoms with Crippen molar-refractivity contribution in [1.29, 1.82) is 0 Å². The molecule has 0 spiro atoms. The third kappa shape index (κ3) is 2.33. The predicted octanol–water partition coefficient (Wildman–Crippen LogP) is 3.80. The number of hydrogen-bond acceptors (Lipinski definition) is 3. The Bertz CT molecular complexity index is 636. The highest BCUT2D eigenvalue weighted by molar-refractivity contribution is 5.55. The van der Waals surface area contributed by atoms with Gasteiger partial charge in [-0.3, -0.25) is 0 Å². The Morgan fingerprint density at radius 3 is 2.65 bits per heavy atom. The lowest BCUT2D eigenvalue weighted by molar-refractivity contribution is 0.00746. The number of aromatic hydroxyl groups is 1. The first-order valence-corrected chi connectivity index (χ1v) is 8.55. The number of aliphatic hydroxyl groups is 1. The first-order chi connectivity index (χ1) is 10.9. The lowest BCUT2D eigenvalue weighted by Gasteiger charge is -2.43. The van der Waals surface area contributed by atoms with E-state index >= 15 is 0 Å². The number of aliphatic hydroxyl groups excluding tert-OH is 1. The normalized spacial score (nSPS) is 33.0. The highest BCUT2D eigenvalue weighted by Crippen LogP contribution is 2.53. The molecule has 0 saturated carbocycles. The monoisotopic (exact) mass is 316 g/mol. The number of benzene rings is 1. The van der Waals surface area contributed by atoms with E-state index in [0.717, 1.165) is 43.2 Å². The summed E-state index contributed by atoms with van der Waals surface area (Å²) in [7, 11) is 1.71. The van der Waals surface area contributed by atoms with Crippen molar-refractivity contribution < 1.29 is 14.9 Å². The van der Waals surface area contributed by atoms with Crippen molar-refractivity contribution in [3.05, 3.63) is 41.0 Å². The van der Waals surface area contributed by atoms with Crippen LogP contribution in [0.5, 0.6) is 5.75 Å². The number of phenols is 1. The number of methoxy groups -OCH3 is 1. The van der Waals surface area contributed by atoms with Crippen molar-refractivity contribution in [1.82, 2.24) is 0 Å². The molecule has 126 valence electrons. The van der Waals surface area contributed by atoms with Gasteiger partial charge in [0.25, 0.3) is 0 Å². The van der Waals surface area contributed by atoms with Gasteiger partial charge in [0, 0.05) is 23.5 Å². The average Bonchev–Trinajstić information content (AvgIpc) is 2.56. The van der Waals surface area contributed by atoms with Crippen LogP contribution in [0.15, 0.2) is 18.7 Å². The Hall–Kier alpha value is -1.32. The van der Waals surface area contributed by atoms with E-state index in [4.69, 9.17) is 4.74 Å². The van der Waals surface area contributed by atoms with Gasteiger partial charge in [-0.25, -0.2) is 0 Å². The molecule has 3 heteroatoms. The van der Waals surface area contributed by atoms with E-state index in [9.17, 15) is 10.2 Å². The van der Waals surface area contributed by atoms with Crippen LogP contribution in [0.2, 0.25) is 0 Å². The summed E-state index contributed by atoms with van der Waals surface area (Å²) in [6.07, 6.45) is 6.75. The van der Waals surface area contributed by atoms with Crippen LogP contribution in [0.25, 0.3) is 0 Å². The molecule has 3 rings (SSSR count). The van der Waals surface area contributed by atoms with Crippen LogP contribution in [-0.4, -0.2) is 23.9 Å². The minimum Gasteiger partial charge on any atom is -0.508 e. The van der Waals surface area contributed by atoms with Crippen molar-refractivity contribution in [2.45, 2.75) is 57.5 Å². The van der Waals surface area contributed by atoms with E-state index in [2.05, 4.69) is 20.4 Å². The molecular weight excluding hydrogens is 288 g/mol. The van der Waals surface area contributed by atoms with Gasteiger partial charge in [0.2, 0.25) is 0 Å². The van der Waals surface area contributed by atoms with E-state index in [1.807, 2.05) is 12.1 Å². The maximum Gasteiger partial charge on any atom is 0.122 e. The fourth-order valence-electron chi connectivity index (χ4n) is 4.59. The number of fused-ring (bicyclic) bond motifs is 3. The molecular formula is C20H28O3. The van der Waals surface area contributed by atoms with E-state index in [0.29, 0.717) is 5.75 Å². The zero-order chi connectivity index (χ0) is 16.8. The Morgan fingerprint density at radius 2 is 2.04 bits per heavy atom. The average molecular weight is 316 g/mol. The summed E-state index contributed by atoms with van der Waals surface area (Å²) >= 11 is 0. The molecule has 1 aromatic rings. The molecule has 2 aliphatic rings. The quantitative estimate of drug-likeness (QED) is 0.834. The lowest BCUT2D eigenvalue weighted by atomic mass is 9.64. The van der Waals surface area contributed by atoms with Crippen LogP contribution in [0.3, 0.4) is 0 Å². The third-order valence-electron chi connectivity index (χ3n) is 6.20. The van der Waals surface area contributed by atoms with Crippen LogP contribution in [-0.2, 0) is 23.0 Å². The molecule has 2 aliphatic carbocycles. The van der Waals surface area contributed by atoms with Crippen molar-refractivity contribution in [2.24, 2.45) is 5.41 Å². The smallest absolute Gasteiger partial charge is 0.122 e. The van der Waals surface area contributed by atoms with Gasteiger partial charge in [-0.15, -0.1) is 6.58 Å². The summed E-state index contributed by atoms with van der Waals surface area (Å²) in [5.41, 5.74) is 4.21. The summed E-state index contributed by atoms with van der Waals surface area (Å²) in [6, 6.07) is 1.88. The molecule has 0 aliphatic heterocycles. The summed E-state index contributed by atoms with van der Waals surface area (Å²) in [5.74, 6) is 0.306. The van der Waals surface area contributed by atoms with Gasteiger partial charge in [-0.05, 0) is 54.9 Å². The van der Waals surface area contributed by atoms with Crippen molar-refractivity contribution in [2.75, 3.05) is 13.7 Å². The Balaban J connectivity index is 2.23. The van der Waals surface area contributed by atoms with Crippen LogP contribution >= 0.6 is 0 Å². The molecule has 23 heavy (non-hydrogen) atoms. The minimum absolute atomic E-state index is 0.121. The van der Waals surface area contributed by atoms with E-state index in [1.54, 1.807) is 7.11 Å². The summed E-state index contributed by atoms with van der Waals surface area (Å²) in [4.78, 5) is 0. The van der Waals surface area contributed by atoms with Crippen molar-refractivity contribution >= 4 is 0 Å². The predicted molar refractivity (Wildman–Crippen MR) is 91.9 cm³/mol. The molecule has 0 heterocycles. The molecule has 0 aromatic heterocycles. The fourth-order valence-corrected chi connectivity index (χ4v) is 4.59. The van der Waals surface area contributed by atoms with Gasteiger partial charge < -0.3 is 14.9 Å². The summed E-state index contributed by atoms with van der Waals surface area (Å²) < 4.78 is 5.79. The Morgan fingerprint density at radius 1 is 1.30 bits per heavy atom. The van der Waals surface area contributed by atoms with Crippen LogP contribution in [0.4, 0.5) is 0 Å². The molecule has 0 fully saturated rings. The van der Waals surface area contributed by atoms with Gasteiger partial charge in [-0.2, -0.15) is 0 Å². The van der Waals surface area contributed by atoms with Crippen LogP contribution in [0.1, 0.15) is 61.5 Å². The molecule has 0 radical (unpaired) electrons. The van der Waals surface area contributed by atoms with E-state index < -0.39 is 0 Å². The van der Waals surface area contributed by atoms with Crippen LogP contribution < -0.4 is 0 Å². The zero-order valence-electron chi connectivity index (χ0n) is 14.5. The first-order valence-electron chi connectivity index (χ1n) is 8.55. The van der Waals surface area contributed by atoms with E-state index in [1.165, 1.54) is 11.1 Å². The molecule has 3 atom stereocenters. The highest BCUT2D eigenvalue weighted by Gasteiger charge is 2.43. The maximum atomic E-state index is 10.8. The molecule has 0 amide bonds. The van der Waals surface area contributed by atoms with Crippen LogP contribution in [0, 0.1) is 5.41 Å². The van der Waals surface area contributed by atoms with Gasteiger partial charge in [0.1, 0.15) is 5.75 Å². The van der Waals surface area contributed by atoms with E-state index in [-0.39, 0.29) is 23.5 Å². The zero-order valence-corrected chi connectivity index (χ0v) is 14.5. The first kappa shape index (κ1) is 16.5. The second-order valence-corrected chi connectivity index (χ2v) is 7.71. The SMILES string of the molecule is C=C[C@@]1(C)CCc2c3c(cc(O)c2[C@@H]1OC)[C@@](C)(CO)CCC3. The standard InChI is InChI=1S/C20H28O3/c1-5-19(2)10-8-14-13-7-6-9-20(3,12-21)15(13)11-16(22)17(14)18(19)23-4/h5,11,18,21-22H,1,6-10,12H2,2-4H3/t18-,19-,20+/m0/s1. The number of phenolic OH excluding ortho intramolecular Hbond substituents is 1. The molecule has 3 nitrogen and oxygen atoms in total. The van der Waals surface area contributed by atoms with Crippen molar-refractivity contribution in [3.63, 3.8) is 0 Å². The maximum absolute atomic E-state index is 10.8. The molecule has 1 aromatic carbocycles. The third-order valence-corrected chi connectivity index (χ3v) is 6.20. The van der Waals surface area contributed by atoms with Crippen molar-refractivity contribution in [3.8, 4) is 5.75 Å². The van der Waals surface area contributed by atoms with Gasteiger partial charge in [0.15, 0.2) is 0 Å². The fraction of sp³-hybridized carbons (Fsp3) is 0.600. The second kappa shape index (κ2) is 5.64. The molecule has 0 unspecified atom stereocenters. The topological polar surface area (TPSA) is 49.7 Å².